The molecule has 2 heterocycles. The number of hydrogen-bond donors (Lipinski definition) is 0. The second kappa shape index (κ2) is 8.37. The highest BCUT2D eigenvalue weighted by atomic mass is 32.2. The third-order valence-corrected chi connectivity index (χ3v) is 5.94. The second-order valence-corrected chi connectivity index (χ2v) is 7.66. The third kappa shape index (κ3) is 3.56. The lowest BCUT2D eigenvalue weighted by Gasteiger charge is -2.29. The maximum atomic E-state index is 13.1. The molecule has 28 heavy (non-hydrogen) atoms. The lowest BCUT2D eigenvalue weighted by molar-refractivity contribution is -0.127. The quantitative estimate of drug-likeness (QED) is 0.550. The Morgan fingerprint density at radius 3 is 2.21 bits per heavy atom. The number of nitriles is 1. The molecule has 0 N–H and O–H groups in total. The first-order valence-electron chi connectivity index (χ1n) is 9.50. The highest BCUT2D eigenvalue weighted by Gasteiger charge is 2.32. The number of para-hydroxylation sites is 1. The van der Waals surface area contributed by atoms with Crippen molar-refractivity contribution >= 4 is 29.1 Å². The van der Waals surface area contributed by atoms with Gasteiger partial charge in [0.05, 0.1) is 5.70 Å². The van der Waals surface area contributed by atoms with Crippen LogP contribution in [0.2, 0.25) is 0 Å². The number of carbonyl (C=O) groups is 1. The molecule has 0 unspecified atom stereocenters. The van der Waals surface area contributed by atoms with Gasteiger partial charge in [-0.3, -0.25) is 4.79 Å². The molecule has 2 aliphatic heterocycles. The molecule has 0 aliphatic carbocycles. The van der Waals surface area contributed by atoms with E-state index in [0.29, 0.717) is 5.03 Å². The zero-order chi connectivity index (χ0) is 19.3. The van der Waals surface area contributed by atoms with E-state index >= 15 is 0 Å². The van der Waals surface area contributed by atoms with Gasteiger partial charge in [-0.2, -0.15) is 5.26 Å². The van der Waals surface area contributed by atoms with Crippen molar-refractivity contribution in [1.29, 1.82) is 5.26 Å². The van der Waals surface area contributed by atoms with Gasteiger partial charge in [-0.15, -0.1) is 0 Å². The molecule has 2 aromatic carbocycles. The van der Waals surface area contributed by atoms with E-state index in [0.717, 1.165) is 49.3 Å². The van der Waals surface area contributed by atoms with Crippen LogP contribution in [0.15, 0.2) is 76.7 Å². The summed E-state index contributed by atoms with van der Waals surface area (Å²) in [5.41, 5.74) is 3.19. The average molecular weight is 388 g/mol. The maximum absolute atomic E-state index is 13.1. The standard InChI is InChI=1S/C23H21N3OS/c24-16-20(22(27)25-14-8-3-9-15-25)23-26(19-12-6-2-7-13-19)21(17-28-23)18-10-4-1-5-11-18/h1-2,4-7,10-13,17H,3,8-9,14-15H2/b23-20-. The minimum absolute atomic E-state index is 0.159. The number of anilines is 1. The number of hydrogen-bond acceptors (Lipinski definition) is 4. The number of benzene rings is 2. The summed E-state index contributed by atoms with van der Waals surface area (Å²) in [6, 6.07) is 22.2. The first-order chi connectivity index (χ1) is 13.8. The van der Waals surface area contributed by atoms with Gasteiger partial charge in [0, 0.05) is 24.2 Å². The normalized spacial score (nSPS) is 18.5. The Kier molecular flexibility index (Phi) is 5.50. The number of rotatable bonds is 3. The van der Waals surface area contributed by atoms with Gasteiger partial charge in [0.2, 0.25) is 0 Å². The Balaban J connectivity index is 1.78. The van der Waals surface area contributed by atoms with Crippen LogP contribution in [0.4, 0.5) is 5.69 Å². The summed E-state index contributed by atoms with van der Waals surface area (Å²) in [5.74, 6) is -0.159. The van der Waals surface area contributed by atoms with Crippen LogP contribution in [0.25, 0.3) is 5.70 Å². The second-order valence-electron chi connectivity index (χ2n) is 6.80. The molecule has 0 atom stereocenters. The number of thioether (sulfide) groups is 1. The molecular formula is C23H21N3OS. The van der Waals surface area contributed by atoms with E-state index in [1.54, 1.807) is 0 Å². The lowest BCUT2D eigenvalue weighted by atomic mass is 10.1. The average Bonchev–Trinajstić information content (AvgIpc) is 3.21. The monoisotopic (exact) mass is 387 g/mol. The molecule has 0 bridgehead atoms. The van der Waals surface area contributed by atoms with Crippen LogP contribution < -0.4 is 4.90 Å². The van der Waals surface area contributed by atoms with Crippen LogP contribution in [-0.2, 0) is 4.79 Å². The zero-order valence-corrected chi connectivity index (χ0v) is 16.4. The van der Waals surface area contributed by atoms with Crippen molar-refractivity contribution in [2.45, 2.75) is 19.3 Å². The van der Waals surface area contributed by atoms with E-state index in [9.17, 15) is 10.1 Å². The summed E-state index contributed by atoms with van der Waals surface area (Å²) in [4.78, 5) is 17.0. The van der Waals surface area contributed by atoms with E-state index in [1.165, 1.54) is 11.8 Å². The summed E-state index contributed by atoms with van der Waals surface area (Å²) in [7, 11) is 0. The fraction of sp³-hybridized carbons (Fsp3) is 0.217. The van der Waals surface area contributed by atoms with Crippen molar-refractivity contribution in [3.05, 3.63) is 82.2 Å². The molecule has 0 spiro atoms. The number of carbonyl (C=O) groups excluding carboxylic acids is 1. The Morgan fingerprint density at radius 1 is 0.929 bits per heavy atom. The van der Waals surface area contributed by atoms with Crippen LogP contribution in [-0.4, -0.2) is 23.9 Å². The molecule has 5 heteroatoms. The number of nitrogens with zero attached hydrogens (tertiary/aromatic N) is 3. The van der Waals surface area contributed by atoms with E-state index in [4.69, 9.17) is 0 Å². The minimum atomic E-state index is -0.159. The van der Waals surface area contributed by atoms with E-state index in [1.807, 2.05) is 75.9 Å². The minimum Gasteiger partial charge on any atom is -0.338 e. The van der Waals surface area contributed by atoms with Gasteiger partial charge in [-0.05, 0) is 37.0 Å². The van der Waals surface area contributed by atoms with Crippen molar-refractivity contribution in [3.63, 3.8) is 0 Å². The molecule has 2 aliphatic rings. The van der Waals surface area contributed by atoms with E-state index < -0.39 is 0 Å². The van der Waals surface area contributed by atoms with Crippen LogP contribution in [0.1, 0.15) is 24.8 Å². The molecule has 4 nitrogen and oxygen atoms in total. The van der Waals surface area contributed by atoms with Gasteiger partial charge < -0.3 is 9.80 Å². The molecular weight excluding hydrogens is 366 g/mol. The van der Waals surface area contributed by atoms with Crippen LogP contribution in [0, 0.1) is 11.3 Å². The van der Waals surface area contributed by atoms with Crippen molar-refractivity contribution in [2.24, 2.45) is 0 Å². The molecule has 1 fully saturated rings. The number of likely N-dealkylation sites (tertiary alicyclic amines) is 1. The van der Waals surface area contributed by atoms with Crippen LogP contribution in [0.3, 0.4) is 0 Å². The largest absolute Gasteiger partial charge is 0.338 e. The maximum Gasteiger partial charge on any atom is 0.267 e. The van der Waals surface area contributed by atoms with Gasteiger partial charge in [0.25, 0.3) is 5.91 Å². The number of amides is 1. The van der Waals surface area contributed by atoms with Crippen molar-refractivity contribution in [2.75, 3.05) is 18.0 Å². The third-order valence-electron chi connectivity index (χ3n) is 4.99. The summed E-state index contributed by atoms with van der Waals surface area (Å²) >= 11 is 1.45. The topological polar surface area (TPSA) is 47.3 Å². The van der Waals surface area contributed by atoms with Crippen molar-refractivity contribution < 1.29 is 4.79 Å². The predicted molar refractivity (Wildman–Crippen MR) is 114 cm³/mol. The fourth-order valence-electron chi connectivity index (χ4n) is 3.58. The number of piperidine rings is 1. The predicted octanol–water partition coefficient (Wildman–Crippen LogP) is 4.99. The first-order valence-corrected chi connectivity index (χ1v) is 10.4. The highest BCUT2D eigenvalue weighted by molar-refractivity contribution is 8.06. The first kappa shape index (κ1) is 18.4. The van der Waals surface area contributed by atoms with E-state index in [-0.39, 0.29) is 11.5 Å². The molecule has 1 saturated heterocycles. The van der Waals surface area contributed by atoms with Crippen LogP contribution >= 0.6 is 11.8 Å². The molecule has 1 amide bonds. The van der Waals surface area contributed by atoms with Crippen molar-refractivity contribution in [3.8, 4) is 6.07 Å². The Morgan fingerprint density at radius 2 is 1.57 bits per heavy atom. The Bertz CT molecular complexity index is 954. The SMILES string of the molecule is N#C/C(C(=O)N1CCCCC1)=C1/SC=C(c2ccccc2)N1c1ccccc1. The highest BCUT2D eigenvalue weighted by Crippen LogP contribution is 2.44. The van der Waals surface area contributed by atoms with Gasteiger partial charge >= 0.3 is 0 Å². The molecule has 140 valence electrons. The zero-order valence-electron chi connectivity index (χ0n) is 15.5. The van der Waals surface area contributed by atoms with E-state index in [2.05, 4.69) is 6.07 Å². The molecule has 0 radical (unpaired) electrons. The molecule has 0 aromatic heterocycles. The van der Waals surface area contributed by atoms with Gasteiger partial charge in [-0.25, -0.2) is 0 Å². The Hall–Kier alpha value is -2.97. The molecule has 0 saturated carbocycles. The Labute approximate surface area is 169 Å². The molecule has 4 rings (SSSR count). The smallest absolute Gasteiger partial charge is 0.267 e. The summed E-state index contributed by atoms with van der Waals surface area (Å²) in [6.45, 7) is 1.46. The lowest BCUT2D eigenvalue weighted by Crippen LogP contribution is -2.37. The van der Waals surface area contributed by atoms with Gasteiger partial charge in [-0.1, -0.05) is 60.3 Å². The van der Waals surface area contributed by atoms with Crippen LogP contribution in [0.5, 0.6) is 0 Å². The molecule has 2 aromatic rings. The van der Waals surface area contributed by atoms with Crippen molar-refractivity contribution in [1.82, 2.24) is 4.90 Å². The van der Waals surface area contributed by atoms with Gasteiger partial charge in [0.15, 0.2) is 0 Å². The summed E-state index contributed by atoms with van der Waals surface area (Å²) in [6.07, 6.45) is 3.15. The summed E-state index contributed by atoms with van der Waals surface area (Å²) in [5, 5.41) is 12.6. The summed E-state index contributed by atoms with van der Waals surface area (Å²) < 4.78 is 0. The fourth-order valence-corrected chi connectivity index (χ4v) is 4.60. The van der Waals surface area contributed by atoms with Gasteiger partial charge in [0.1, 0.15) is 16.7 Å².